The van der Waals surface area contributed by atoms with Gasteiger partial charge in [-0.15, -0.1) is 0 Å². The number of hydrogen-bond donors (Lipinski definition) is 2. The zero-order valence-corrected chi connectivity index (χ0v) is 17.0. The lowest BCUT2D eigenvalue weighted by Crippen LogP contribution is -2.47. The molecule has 2 N–H and O–H groups in total. The predicted octanol–water partition coefficient (Wildman–Crippen LogP) is 3.56. The fraction of sp³-hybridized carbons (Fsp3) is 0.632. The maximum atomic E-state index is 12.6. The summed E-state index contributed by atoms with van der Waals surface area (Å²) in [6.07, 6.45) is 4.10. The van der Waals surface area contributed by atoms with Gasteiger partial charge in [0.25, 0.3) is 0 Å². The molecule has 0 unspecified atom stereocenters. The van der Waals surface area contributed by atoms with E-state index in [1.165, 1.54) is 0 Å². The van der Waals surface area contributed by atoms with E-state index in [1.54, 1.807) is 12.1 Å². The highest BCUT2D eigenvalue weighted by molar-refractivity contribution is 8.00. The molecule has 0 saturated carbocycles. The number of halogens is 2. The third kappa shape index (κ3) is 6.84. The summed E-state index contributed by atoms with van der Waals surface area (Å²) in [5.74, 6) is 0.835. The summed E-state index contributed by atoms with van der Waals surface area (Å²) < 4.78 is 35.5. The topological polar surface area (TPSA) is 54.9 Å². The molecule has 1 aliphatic heterocycles. The van der Waals surface area contributed by atoms with Gasteiger partial charge in [0, 0.05) is 36.6 Å². The summed E-state index contributed by atoms with van der Waals surface area (Å²) in [6.45, 7) is 4.35. The lowest BCUT2D eigenvalue weighted by Gasteiger charge is -2.36. The summed E-state index contributed by atoms with van der Waals surface area (Å²) in [7, 11) is 0. The van der Waals surface area contributed by atoms with E-state index in [4.69, 9.17) is 4.74 Å². The van der Waals surface area contributed by atoms with Crippen molar-refractivity contribution in [1.29, 1.82) is 0 Å². The van der Waals surface area contributed by atoms with Gasteiger partial charge in [-0.05, 0) is 39.0 Å². The van der Waals surface area contributed by atoms with Crippen molar-refractivity contribution in [3.63, 3.8) is 0 Å². The maximum absolute atomic E-state index is 12.6. The van der Waals surface area contributed by atoms with Crippen LogP contribution in [0.3, 0.4) is 0 Å². The highest BCUT2D eigenvalue weighted by atomic mass is 32.2. The molecule has 0 atom stereocenters. The first-order valence-corrected chi connectivity index (χ1v) is 10.4. The lowest BCUT2D eigenvalue weighted by molar-refractivity contribution is -0.0504. The molecule has 0 spiro atoms. The third-order valence-electron chi connectivity index (χ3n) is 4.60. The minimum absolute atomic E-state index is 0.127. The van der Waals surface area contributed by atoms with Crippen LogP contribution in [0.15, 0.2) is 23.2 Å². The first-order valence-electron chi connectivity index (χ1n) is 9.17. The summed E-state index contributed by atoms with van der Waals surface area (Å²) in [4.78, 5) is 4.57. The monoisotopic (exact) mass is 401 g/mol. The first kappa shape index (κ1) is 21.8. The normalized spacial score (nSPS) is 17.0. The fourth-order valence-corrected chi connectivity index (χ4v) is 3.78. The van der Waals surface area contributed by atoms with Crippen LogP contribution in [0.2, 0.25) is 0 Å². The van der Waals surface area contributed by atoms with E-state index in [-0.39, 0.29) is 17.0 Å². The van der Waals surface area contributed by atoms with E-state index in [2.05, 4.69) is 26.6 Å². The molecule has 27 heavy (non-hydrogen) atoms. The summed E-state index contributed by atoms with van der Waals surface area (Å²) in [5, 5.41) is 6.62. The van der Waals surface area contributed by atoms with Gasteiger partial charge < -0.3 is 20.1 Å². The van der Waals surface area contributed by atoms with Gasteiger partial charge in [0.1, 0.15) is 5.75 Å². The van der Waals surface area contributed by atoms with Crippen LogP contribution < -0.4 is 15.4 Å². The quantitative estimate of drug-likeness (QED) is 0.515. The second-order valence-electron chi connectivity index (χ2n) is 6.54. The van der Waals surface area contributed by atoms with Crippen molar-refractivity contribution in [2.75, 3.05) is 32.6 Å². The molecule has 152 valence electrons. The second-order valence-corrected chi connectivity index (χ2v) is 7.81. The summed E-state index contributed by atoms with van der Waals surface area (Å²) in [6, 6.07) is 5.14. The van der Waals surface area contributed by atoms with Crippen LogP contribution in [0.4, 0.5) is 8.78 Å². The van der Waals surface area contributed by atoms with Gasteiger partial charge in [-0.2, -0.15) is 20.5 Å². The van der Waals surface area contributed by atoms with Gasteiger partial charge in [-0.3, -0.25) is 0 Å². The van der Waals surface area contributed by atoms with Crippen molar-refractivity contribution in [3.8, 4) is 5.75 Å². The Balaban J connectivity index is 2.07. The number of aliphatic imine (C=N–C) groups is 1. The van der Waals surface area contributed by atoms with Crippen LogP contribution in [0.1, 0.15) is 30.9 Å². The molecule has 8 heteroatoms. The molecule has 0 bridgehead atoms. The third-order valence-corrected chi connectivity index (χ3v) is 6.02. The average molecular weight is 402 g/mol. The number of nitrogens with one attached hydrogen (secondary N) is 2. The van der Waals surface area contributed by atoms with Crippen LogP contribution in [-0.2, 0) is 11.3 Å². The predicted molar refractivity (Wildman–Crippen MR) is 107 cm³/mol. The summed E-state index contributed by atoms with van der Waals surface area (Å²) in [5.41, 5.74) is 1.61. The lowest BCUT2D eigenvalue weighted by atomic mass is 9.99. The number of rotatable bonds is 8. The molecule has 1 aliphatic rings. The highest BCUT2D eigenvalue weighted by Crippen LogP contribution is 2.33. The maximum Gasteiger partial charge on any atom is 0.387 e. The van der Waals surface area contributed by atoms with Crippen molar-refractivity contribution in [3.05, 3.63) is 29.3 Å². The van der Waals surface area contributed by atoms with E-state index in [1.807, 2.05) is 31.7 Å². The molecule has 1 saturated heterocycles. The smallest absolute Gasteiger partial charge is 0.387 e. The van der Waals surface area contributed by atoms with Crippen molar-refractivity contribution in [2.24, 2.45) is 4.99 Å². The van der Waals surface area contributed by atoms with Gasteiger partial charge >= 0.3 is 6.61 Å². The molecule has 0 aromatic heterocycles. The van der Waals surface area contributed by atoms with Gasteiger partial charge in [0.15, 0.2) is 5.96 Å². The van der Waals surface area contributed by atoms with E-state index < -0.39 is 6.61 Å². The van der Waals surface area contributed by atoms with Crippen LogP contribution in [0.5, 0.6) is 5.75 Å². The molecule has 1 heterocycles. The molecule has 0 radical (unpaired) electrons. The van der Waals surface area contributed by atoms with E-state index in [0.717, 1.165) is 44.7 Å². The molecule has 2 rings (SSSR count). The molecule has 5 nitrogen and oxygen atoms in total. The van der Waals surface area contributed by atoms with Gasteiger partial charge in [0.05, 0.1) is 6.54 Å². The molecule has 0 aliphatic carbocycles. The number of nitrogens with zero attached hydrogens (tertiary/aromatic N) is 1. The second kappa shape index (κ2) is 10.7. The molecule has 0 amide bonds. The molecule has 1 fully saturated rings. The van der Waals surface area contributed by atoms with Crippen LogP contribution in [0.25, 0.3) is 0 Å². The Hall–Kier alpha value is -1.54. The van der Waals surface area contributed by atoms with E-state index in [9.17, 15) is 8.78 Å². The number of aryl methyl sites for hydroxylation is 1. The van der Waals surface area contributed by atoms with Crippen molar-refractivity contribution in [2.45, 2.75) is 44.6 Å². The Labute approximate surface area is 164 Å². The summed E-state index contributed by atoms with van der Waals surface area (Å²) >= 11 is 1.85. The largest absolute Gasteiger partial charge is 0.434 e. The average Bonchev–Trinajstić information content (AvgIpc) is 2.66. The van der Waals surface area contributed by atoms with Gasteiger partial charge in [-0.1, -0.05) is 17.7 Å². The van der Waals surface area contributed by atoms with E-state index >= 15 is 0 Å². The minimum Gasteiger partial charge on any atom is -0.434 e. The Kier molecular flexibility index (Phi) is 8.63. The van der Waals surface area contributed by atoms with E-state index in [0.29, 0.717) is 11.5 Å². The number of benzene rings is 1. The van der Waals surface area contributed by atoms with Crippen molar-refractivity contribution >= 4 is 17.7 Å². The molecular formula is C19H29F2N3O2S. The number of thioether (sulfide) groups is 1. The first-order chi connectivity index (χ1) is 13.0. The number of alkyl halides is 2. The minimum atomic E-state index is -2.85. The highest BCUT2D eigenvalue weighted by Gasteiger charge is 2.31. The Morgan fingerprint density at radius 3 is 2.70 bits per heavy atom. The zero-order chi connectivity index (χ0) is 19.7. The number of guanidine groups is 1. The van der Waals surface area contributed by atoms with Crippen LogP contribution in [-0.4, -0.2) is 49.9 Å². The fourth-order valence-electron chi connectivity index (χ4n) is 2.99. The van der Waals surface area contributed by atoms with Gasteiger partial charge in [-0.25, -0.2) is 4.99 Å². The zero-order valence-electron chi connectivity index (χ0n) is 16.2. The Bertz CT molecular complexity index is 623. The number of ether oxygens (including phenoxy) is 2. The van der Waals surface area contributed by atoms with Crippen molar-refractivity contribution < 1.29 is 18.3 Å². The molecule has 1 aromatic rings. The van der Waals surface area contributed by atoms with Gasteiger partial charge in [0.2, 0.25) is 0 Å². The SMILES string of the molecule is CCNC(=NCc1cc(C)ccc1OC(F)F)NCC1(SC)CCOCC1. The Morgan fingerprint density at radius 1 is 1.33 bits per heavy atom. The Morgan fingerprint density at radius 2 is 2.07 bits per heavy atom. The van der Waals surface area contributed by atoms with Crippen LogP contribution in [0, 0.1) is 6.92 Å². The molecular weight excluding hydrogens is 372 g/mol. The van der Waals surface area contributed by atoms with Crippen LogP contribution >= 0.6 is 11.8 Å². The standard InChI is InChI=1S/C19H29F2N3O2S/c1-4-22-18(24-13-19(27-3)7-9-25-10-8-19)23-12-15-11-14(2)5-6-16(15)26-17(20)21/h5-6,11,17H,4,7-10,12-13H2,1-3H3,(H2,22,23,24). The van der Waals surface area contributed by atoms with Crippen molar-refractivity contribution in [1.82, 2.24) is 10.6 Å². The molecule has 1 aromatic carbocycles. The number of hydrogen-bond acceptors (Lipinski definition) is 4.